The van der Waals surface area contributed by atoms with Crippen LogP contribution in [0.4, 0.5) is 4.79 Å². The lowest BCUT2D eigenvalue weighted by Gasteiger charge is -2.11. The fourth-order valence-corrected chi connectivity index (χ4v) is 2.81. The molecule has 1 aliphatic rings. The van der Waals surface area contributed by atoms with E-state index in [1.807, 2.05) is 16.7 Å². The molecular formula is C12H12N6O2. The molecule has 20 heavy (non-hydrogen) atoms. The maximum absolute atomic E-state index is 11.0. The molecule has 4 rings (SSSR count). The van der Waals surface area contributed by atoms with E-state index in [1.54, 1.807) is 6.20 Å². The van der Waals surface area contributed by atoms with E-state index in [2.05, 4.69) is 20.2 Å². The Kier molecular flexibility index (Phi) is 2.20. The Balaban J connectivity index is 1.84. The Morgan fingerprint density at radius 2 is 2.35 bits per heavy atom. The van der Waals surface area contributed by atoms with Crippen LogP contribution in [0.5, 0.6) is 0 Å². The van der Waals surface area contributed by atoms with E-state index in [0.717, 1.165) is 23.4 Å². The number of nitrogens with one attached hydrogen (secondary N) is 1. The lowest BCUT2D eigenvalue weighted by atomic mass is 10.1. The first-order valence-corrected chi connectivity index (χ1v) is 6.39. The van der Waals surface area contributed by atoms with Crippen molar-refractivity contribution >= 4 is 22.9 Å². The molecular weight excluding hydrogens is 260 g/mol. The van der Waals surface area contributed by atoms with Gasteiger partial charge in [-0.3, -0.25) is 4.40 Å². The number of carboxylic acid groups (broad SMARTS) is 1. The van der Waals surface area contributed by atoms with Crippen LogP contribution < -0.4 is 0 Å². The monoisotopic (exact) mass is 272 g/mol. The van der Waals surface area contributed by atoms with Crippen LogP contribution >= 0.6 is 0 Å². The van der Waals surface area contributed by atoms with Crippen molar-refractivity contribution in [1.29, 1.82) is 0 Å². The largest absolute Gasteiger partial charge is 0.465 e. The Bertz CT molecular complexity index is 807. The number of nitrogens with zero attached hydrogens (tertiary/aromatic N) is 5. The fourth-order valence-electron chi connectivity index (χ4n) is 2.81. The number of aromatic amines is 1. The molecule has 4 heterocycles. The molecule has 3 aromatic rings. The number of aromatic nitrogens is 5. The summed E-state index contributed by atoms with van der Waals surface area (Å²) in [5, 5.41) is 17.4. The van der Waals surface area contributed by atoms with Crippen molar-refractivity contribution in [2.75, 3.05) is 13.1 Å². The molecule has 0 aromatic carbocycles. The summed E-state index contributed by atoms with van der Waals surface area (Å²) in [7, 11) is 0. The van der Waals surface area contributed by atoms with Gasteiger partial charge in [-0.25, -0.2) is 9.78 Å². The third kappa shape index (κ3) is 1.47. The number of rotatable bonds is 1. The van der Waals surface area contributed by atoms with Gasteiger partial charge in [-0.1, -0.05) is 0 Å². The highest BCUT2D eigenvalue weighted by Crippen LogP contribution is 2.27. The van der Waals surface area contributed by atoms with Crippen molar-refractivity contribution in [3.05, 3.63) is 24.3 Å². The highest BCUT2D eigenvalue weighted by atomic mass is 16.4. The number of amides is 1. The maximum atomic E-state index is 11.0. The van der Waals surface area contributed by atoms with Gasteiger partial charge in [0, 0.05) is 25.2 Å². The van der Waals surface area contributed by atoms with Crippen molar-refractivity contribution in [2.24, 2.45) is 0 Å². The molecule has 8 nitrogen and oxygen atoms in total. The molecule has 8 heteroatoms. The highest BCUT2D eigenvalue weighted by molar-refractivity contribution is 5.74. The zero-order valence-corrected chi connectivity index (χ0v) is 10.5. The summed E-state index contributed by atoms with van der Waals surface area (Å²) in [6, 6.07) is 1.92. The molecule has 3 aromatic heterocycles. The first-order valence-electron chi connectivity index (χ1n) is 6.39. The zero-order chi connectivity index (χ0) is 13.7. The van der Waals surface area contributed by atoms with Crippen LogP contribution in [0.3, 0.4) is 0 Å². The molecule has 0 spiro atoms. The van der Waals surface area contributed by atoms with E-state index >= 15 is 0 Å². The summed E-state index contributed by atoms with van der Waals surface area (Å²) in [6.45, 7) is 1.00. The number of hydrogen-bond donors (Lipinski definition) is 2. The second kappa shape index (κ2) is 3.92. The maximum Gasteiger partial charge on any atom is 0.407 e. The molecule has 1 fully saturated rings. The molecule has 1 aliphatic heterocycles. The Labute approximate surface area is 113 Å². The Hall–Kier alpha value is -2.64. The average Bonchev–Trinajstić information content (AvgIpc) is 3.16. The summed E-state index contributed by atoms with van der Waals surface area (Å²) in [5.41, 5.74) is 2.36. The third-order valence-electron chi connectivity index (χ3n) is 3.79. The zero-order valence-electron chi connectivity index (χ0n) is 10.5. The molecule has 1 atom stereocenters. The normalized spacial score (nSPS) is 19.2. The number of hydrogen-bond acceptors (Lipinski definition) is 4. The highest BCUT2D eigenvalue weighted by Gasteiger charge is 2.30. The van der Waals surface area contributed by atoms with Crippen molar-refractivity contribution in [1.82, 2.24) is 29.5 Å². The second-order valence-corrected chi connectivity index (χ2v) is 4.94. The average molecular weight is 272 g/mol. The summed E-state index contributed by atoms with van der Waals surface area (Å²) in [6.07, 6.45) is 3.37. The molecule has 2 N–H and O–H groups in total. The van der Waals surface area contributed by atoms with Gasteiger partial charge in [-0.2, -0.15) is 0 Å². The van der Waals surface area contributed by atoms with Crippen LogP contribution in [0, 0.1) is 0 Å². The third-order valence-corrected chi connectivity index (χ3v) is 3.79. The minimum Gasteiger partial charge on any atom is -0.465 e. The van der Waals surface area contributed by atoms with E-state index in [4.69, 9.17) is 5.11 Å². The summed E-state index contributed by atoms with van der Waals surface area (Å²) in [4.78, 5) is 19.8. The molecule has 0 saturated carbocycles. The summed E-state index contributed by atoms with van der Waals surface area (Å²) >= 11 is 0. The first kappa shape index (κ1) is 11.2. The van der Waals surface area contributed by atoms with E-state index in [-0.39, 0.29) is 5.92 Å². The summed E-state index contributed by atoms with van der Waals surface area (Å²) < 4.78 is 1.95. The van der Waals surface area contributed by atoms with Crippen LogP contribution in [0.1, 0.15) is 18.2 Å². The molecule has 0 aliphatic carbocycles. The number of likely N-dealkylation sites (tertiary alicyclic amines) is 1. The lowest BCUT2D eigenvalue weighted by Crippen LogP contribution is -2.26. The van der Waals surface area contributed by atoms with Crippen LogP contribution in [0.25, 0.3) is 16.8 Å². The molecule has 1 saturated heterocycles. The van der Waals surface area contributed by atoms with E-state index < -0.39 is 6.09 Å². The molecule has 1 amide bonds. The lowest BCUT2D eigenvalue weighted by molar-refractivity contribution is 0.155. The molecule has 0 bridgehead atoms. The molecule has 0 radical (unpaired) electrons. The van der Waals surface area contributed by atoms with Gasteiger partial charge < -0.3 is 15.0 Å². The van der Waals surface area contributed by atoms with E-state index in [0.29, 0.717) is 18.7 Å². The smallest absolute Gasteiger partial charge is 0.407 e. The fraction of sp³-hybridized carbons (Fsp3) is 0.333. The quantitative estimate of drug-likeness (QED) is 0.690. The topological polar surface area (TPSA) is 99.4 Å². The van der Waals surface area contributed by atoms with Gasteiger partial charge in [-0.05, 0) is 12.5 Å². The predicted octanol–water partition coefficient (Wildman–Crippen LogP) is 1.07. The number of fused-ring (bicyclic) bond motifs is 3. The minimum atomic E-state index is -0.880. The van der Waals surface area contributed by atoms with Gasteiger partial charge >= 0.3 is 6.09 Å². The molecule has 102 valence electrons. The van der Waals surface area contributed by atoms with Crippen LogP contribution in [0.15, 0.2) is 18.5 Å². The van der Waals surface area contributed by atoms with E-state index in [9.17, 15) is 4.79 Å². The van der Waals surface area contributed by atoms with Gasteiger partial charge in [0.25, 0.3) is 0 Å². The predicted molar refractivity (Wildman–Crippen MR) is 69.6 cm³/mol. The number of H-pyrrole nitrogens is 1. The van der Waals surface area contributed by atoms with Gasteiger partial charge in [-0.15, -0.1) is 10.2 Å². The van der Waals surface area contributed by atoms with Crippen LogP contribution in [0.2, 0.25) is 0 Å². The van der Waals surface area contributed by atoms with Gasteiger partial charge in [0.05, 0.1) is 11.7 Å². The van der Waals surface area contributed by atoms with Crippen molar-refractivity contribution in [3.63, 3.8) is 0 Å². The second-order valence-electron chi connectivity index (χ2n) is 4.94. The Morgan fingerprint density at radius 3 is 3.15 bits per heavy atom. The molecule has 1 unspecified atom stereocenters. The van der Waals surface area contributed by atoms with Crippen molar-refractivity contribution in [2.45, 2.75) is 12.3 Å². The van der Waals surface area contributed by atoms with Crippen molar-refractivity contribution < 1.29 is 9.90 Å². The summed E-state index contributed by atoms with van der Waals surface area (Å²) in [5.74, 6) is 0.873. The van der Waals surface area contributed by atoms with Gasteiger partial charge in [0.1, 0.15) is 5.82 Å². The first-order chi connectivity index (χ1) is 9.74. The van der Waals surface area contributed by atoms with Gasteiger partial charge in [0.2, 0.25) is 0 Å². The SMILES string of the molecule is O=C(O)N1CCC(c2nnc3cnc4[nH]ccc4n23)C1. The number of carbonyl (C=O) groups is 1. The minimum absolute atomic E-state index is 0.0709. The standard InChI is InChI=1S/C12H12N6O2/c19-12(20)17-4-2-7(6-17)11-16-15-9-5-14-10-8(18(9)11)1-3-13-10/h1,3,5,7,13H,2,4,6H2,(H,19,20). The Morgan fingerprint density at radius 1 is 1.45 bits per heavy atom. The van der Waals surface area contributed by atoms with E-state index in [1.165, 1.54) is 4.90 Å². The van der Waals surface area contributed by atoms with Crippen LogP contribution in [-0.4, -0.2) is 53.8 Å². The van der Waals surface area contributed by atoms with Crippen molar-refractivity contribution in [3.8, 4) is 0 Å². The van der Waals surface area contributed by atoms with Gasteiger partial charge in [0.15, 0.2) is 11.3 Å². The van der Waals surface area contributed by atoms with Crippen LogP contribution in [-0.2, 0) is 0 Å².